The fraction of sp³-hybridized carbons (Fsp3) is 0.733. The molecule has 0 bridgehead atoms. The first kappa shape index (κ1) is 16.0. The number of nitrogens with zero attached hydrogens (tertiary/aromatic N) is 4. The number of piperazine rings is 1. The Hall–Kier alpha value is -1.40. The number of aryl methyl sites for hydroxylation is 1. The Labute approximate surface area is 126 Å². The van der Waals surface area contributed by atoms with Gasteiger partial charge in [-0.15, -0.1) is 0 Å². The fourth-order valence-corrected chi connectivity index (χ4v) is 2.73. The van der Waals surface area contributed by atoms with Crippen LogP contribution in [0.25, 0.3) is 0 Å². The molecule has 0 unspecified atom stereocenters. The Balaban J connectivity index is 1.99. The Morgan fingerprint density at radius 1 is 1.33 bits per heavy atom. The molecule has 0 radical (unpaired) electrons. The number of hydrogen-bond donors (Lipinski definition) is 1. The van der Waals surface area contributed by atoms with Crippen LogP contribution >= 0.6 is 0 Å². The van der Waals surface area contributed by atoms with Crippen LogP contribution in [0.1, 0.15) is 36.3 Å². The molecule has 0 atom stereocenters. The van der Waals surface area contributed by atoms with Crippen molar-refractivity contribution in [2.24, 2.45) is 5.73 Å². The average Bonchev–Trinajstić information content (AvgIpc) is 2.85. The quantitative estimate of drug-likeness (QED) is 0.868. The first-order chi connectivity index (χ1) is 10.0. The predicted octanol–water partition coefficient (Wildman–Crippen LogP) is 0.707. The lowest BCUT2D eigenvalue weighted by Gasteiger charge is -2.36. The number of carbonyl (C=O) groups excluding carboxylic acids is 1. The highest BCUT2D eigenvalue weighted by Gasteiger charge is 2.25. The zero-order valence-corrected chi connectivity index (χ0v) is 13.4. The molecule has 6 nitrogen and oxygen atoms in total. The minimum Gasteiger partial charge on any atom is -0.336 e. The molecule has 1 fully saturated rings. The minimum absolute atomic E-state index is 0.106. The maximum atomic E-state index is 12.6. The summed E-state index contributed by atoms with van der Waals surface area (Å²) in [5.41, 5.74) is 7.20. The highest BCUT2D eigenvalue weighted by molar-refractivity contribution is 5.95. The van der Waals surface area contributed by atoms with E-state index >= 15 is 0 Å². The van der Waals surface area contributed by atoms with E-state index in [0.717, 1.165) is 50.4 Å². The van der Waals surface area contributed by atoms with Crippen LogP contribution in [-0.2, 0) is 6.54 Å². The van der Waals surface area contributed by atoms with E-state index in [1.54, 1.807) is 6.20 Å². The van der Waals surface area contributed by atoms with Gasteiger partial charge in [-0.3, -0.25) is 14.4 Å². The summed E-state index contributed by atoms with van der Waals surface area (Å²) in [4.78, 5) is 17.0. The molecule has 2 rings (SSSR count). The molecule has 21 heavy (non-hydrogen) atoms. The molecule has 1 aromatic rings. The summed E-state index contributed by atoms with van der Waals surface area (Å²) in [7, 11) is 0. The van der Waals surface area contributed by atoms with E-state index in [1.807, 2.05) is 16.5 Å². The van der Waals surface area contributed by atoms with Gasteiger partial charge in [-0.2, -0.15) is 5.10 Å². The Morgan fingerprint density at radius 2 is 2.00 bits per heavy atom. The van der Waals surface area contributed by atoms with Gasteiger partial charge >= 0.3 is 0 Å². The molecular weight excluding hydrogens is 266 g/mol. The molecule has 1 aliphatic heterocycles. The molecule has 1 aliphatic rings. The van der Waals surface area contributed by atoms with Gasteiger partial charge in [0, 0.05) is 44.5 Å². The summed E-state index contributed by atoms with van der Waals surface area (Å²) < 4.78 is 1.88. The molecule has 1 saturated heterocycles. The number of carbonyl (C=O) groups is 1. The van der Waals surface area contributed by atoms with Gasteiger partial charge in [0.2, 0.25) is 0 Å². The second-order valence-corrected chi connectivity index (χ2v) is 5.93. The second-order valence-electron chi connectivity index (χ2n) is 5.93. The van der Waals surface area contributed by atoms with Crippen LogP contribution in [0, 0.1) is 6.92 Å². The standard InChI is InChI=1S/C15H27N5O/c1-12(2)18-7-9-19(10-8-18)15(21)14-11-17-20(13(14)3)6-4-5-16/h11-12H,4-10,16H2,1-3H3. The van der Waals surface area contributed by atoms with Crippen molar-refractivity contribution < 1.29 is 4.79 Å². The molecule has 118 valence electrons. The summed E-state index contributed by atoms with van der Waals surface area (Å²) >= 11 is 0. The number of rotatable bonds is 5. The van der Waals surface area contributed by atoms with Crippen LogP contribution in [0.15, 0.2) is 6.20 Å². The monoisotopic (exact) mass is 293 g/mol. The van der Waals surface area contributed by atoms with Crippen molar-refractivity contribution in [3.8, 4) is 0 Å². The highest BCUT2D eigenvalue weighted by Crippen LogP contribution is 2.14. The summed E-state index contributed by atoms with van der Waals surface area (Å²) in [5, 5.41) is 4.32. The lowest BCUT2D eigenvalue weighted by atomic mass is 10.2. The average molecular weight is 293 g/mol. The zero-order valence-electron chi connectivity index (χ0n) is 13.4. The molecule has 0 saturated carbocycles. The smallest absolute Gasteiger partial charge is 0.257 e. The highest BCUT2D eigenvalue weighted by atomic mass is 16.2. The van der Waals surface area contributed by atoms with Gasteiger partial charge in [0.05, 0.1) is 11.8 Å². The van der Waals surface area contributed by atoms with Gasteiger partial charge in [-0.1, -0.05) is 0 Å². The molecule has 2 heterocycles. The van der Waals surface area contributed by atoms with Crippen LogP contribution in [0.4, 0.5) is 0 Å². The van der Waals surface area contributed by atoms with Gasteiger partial charge in [0.25, 0.3) is 5.91 Å². The van der Waals surface area contributed by atoms with Crippen LogP contribution in [-0.4, -0.2) is 64.3 Å². The van der Waals surface area contributed by atoms with Crippen LogP contribution in [0.3, 0.4) is 0 Å². The van der Waals surface area contributed by atoms with Gasteiger partial charge in [0.1, 0.15) is 0 Å². The summed E-state index contributed by atoms with van der Waals surface area (Å²) in [5.74, 6) is 0.106. The second kappa shape index (κ2) is 7.04. The van der Waals surface area contributed by atoms with Crippen molar-refractivity contribution in [3.05, 3.63) is 17.5 Å². The molecule has 1 amide bonds. The molecular formula is C15H27N5O. The molecule has 6 heteroatoms. The first-order valence-electron chi connectivity index (χ1n) is 7.80. The molecule has 0 aliphatic carbocycles. The van der Waals surface area contributed by atoms with Crippen molar-refractivity contribution in [3.63, 3.8) is 0 Å². The van der Waals surface area contributed by atoms with Gasteiger partial charge < -0.3 is 10.6 Å². The summed E-state index contributed by atoms with van der Waals surface area (Å²) in [6.45, 7) is 11.3. The maximum Gasteiger partial charge on any atom is 0.257 e. The van der Waals surface area contributed by atoms with E-state index in [9.17, 15) is 4.79 Å². The molecule has 2 N–H and O–H groups in total. The lowest BCUT2D eigenvalue weighted by molar-refractivity contribution is 0.0594. The Bertz CT molecular complexity index is 474. The predicted molar refractivity (Wildman–Crippen MR) is 83.2 cm³/mol. The maximum absolute atomic E-state index is 12.6. The fourth-order valence-electron chi connectivity index (χ4n) is 2.73. The van der Waals surface area contributed by atoms with Gasteiger partial charge in [-0.05, 0) is 33.7 Å². The van der Waals surface area contributed by atoms with Crippen molar-refractivity contribution in [2.75, 3.05) is 32.7 Å². The van der Waals surface area contributed by atoms with Crippen LogP contribution in [0.5, 0.6) is 0 Å². The molecule has 0 aromatic carbocycles. The number of aromatic nitrogens is 2. The zero-order chi connectivity index (χ0) is 15.4. The lowest BCUT2D eigenvalue weighted by Crippen LogP contribution is -2.50. The SMILES string of the molecule is Cc1c(C(=O)N2CCN(C(C)C)CC2)cnn1CCCN. The molecule has 0 spiro atoms. The topological polar surface area (TPSA) is 67.4 Å². The number of hydrogen-bond acceptors (Lipinski definition) is 4. The Morgan fingerprint density at radius 3 is 2.57 bits per heavy atom. The minimum atomic E-state index is 0.106. The van der Waals surface area contributed by atoms with E-state index in [-0.39, 0.29) is 5.91 Å². The van der Waals surface area contributed by atoms with Gasteiger partial charge in [-0.25, -0.2) is 0 Å². The van der Waals surface area contributed by atoms with E-state index in [0.29, 0.717) is 12.6 Å². The largest absolute Gasteiger partial charge is 0.336 e. The molecule has 1 aromatic heterocycles. The van der Waals surface area contributed by atoms with E-state index in [2.05, 4.69) is 23.8 Å². The van der Waals surface area contributed by atoms with Gasteiger partial charge in [0.15, 0.2) is 0 Å². The van der Waals surface area contributed by atoms with Crippen molar-refractivity contribution in [1.82, 2.24) is 19.6 Å². The van der Waals surface area contributed by atoms with Crippen molar-refractivity contribution in [1.29, 1.82) is 0 Å². The van der Waals surface area contributed by atoms with Crippen molar-refractivity contribution >= 4 is 5.91 Å². The van der Waals surface area contributed by atoms with Crippen LogP contribution < -0.4 is 5.73 Å². The summed E-state index contributed by atoms with van der Waals surface area (Å²) in [6.07, 6.45) is 2.58. The Kier molecular flexibility index (Phi) is 5.36. The third-order valence-corrected chi connectivity index (χ3v) is 4.24. The number of amides is 1. The third kappa shape index (κ3) is 3.63. The first-order valence-corrected chi connectivity index (χ1v) is 7.80. The summed E-state index contributed by atoms with van der Waals surface area (Å²) in [6, 6.07) is 0.544. The van der Waals surface area contributed by atoms with E-state index in [1.165, 1.54) is 0 Å². The van der Waals surface area contributed by atoms with Crippen LogP contribution in [0.2, 0.25) is 0 Å². The van der Waals surface area contributed by atoms with E-state index in [4.69, 9.17) is 5.73 Å². The third-order valence-electron chi connectivity index (χ3n) is 4.24. The van der Waals surface area contributed by atoms with Crippen molar-refractivity contribution in [2.45, 2.75) is 39.8 Å². The number of nitrogens with two attached hydrogens (primary N) is 1. The van der Waals surface area contributed by atoms with E-state index < -0.39 is 0 Å². The normalized spacial score (nSPS) is 16.7.